The number of H-pyrrole nitrogens is 1. The van der Waals surface area contributed by atoms with Crippen LogP contribution in [0.5, 0.6) is 11.5 Å². The molecule has 19 heteroatoms. The molecule has 3 aromatic heterocycles. The number of carbonyl (C=O) groups excluding carboxylic acids is 3. The number of phenolic OH excluding ortho intramolecular Hbond substituents is 2. The summed E-state index contributed by atoms with van der Waals surface area (Å²) >= 11 is 0. The van der Waals surface area contributed by atoms with Crippen LogP contribution in [-0.4, -0.2) is 99.2 Å². The fraction of sp³-hybridized carbons (Fsp3) is 0.404. The number of pyridine rings is 2. The second-order valence-electron chi connectivity index (χ2n) is 20.4. The highest BCUT2D eigenvalue weighted by molar-refractivity contribution is 5.94. The molecule has 1 saturated carbocycles. The number of piperidine rings is 1. The van der Waals surface area contributed by atoms with Crippen LogP contribution in [-0.2, 0) is 50.8 Å². The fourth-order valence-corrected chi connectivity index (χ4v) is 11.8. The first-order valence-electron chi connectivity index (χ1n) is 24.1. The minimum atomic E-state index is -2.02. The number of cyclic esters (lactones) is 1. The number of aryl methyl sites for hydroxylation is 2. The number of alkyl carbamates (subject to hydrolysis) is 1. The van der Waals surface area contributed by atoms with Gasteiger partial charge in [-0.1, -0.05) is 19.1 Å². The molecule has 4 aliphatic heterocycles. The maximum Gasteiger partial charge on any atom is 0.408 e. The number of halogens is 1. The van der Waals surface area contributed by atoms with E-state index in [4.69, 9.17) is 14.5 Å². The molecule has 71 heavy (non-hydrogen) atoms. The highest BCUT2D eigenvalue weighted by Gasteiger charge is 2.60. The number of aromatic amines is 1. The van der Waals surface area contributed by atoms with Gasteiger partial charge in [0.2, 0.25) is 0 Å². The van der Waals surface area contributed by atoms with Crippen LogP contribution >= 0.6 is 0 Å². The number of likely N-dealkylation sites (tertiary alicyclic amines) is 2. The molecule has 2 amide bonds. The number of benzene rings is 3. The number of carbonyl (C=O) groups is 3. The SMILES string of the molecule is CC[C@@]1(O)C(=O)OCc2c1cc1n(c2=O)Cc2c-1nc1cc(F)c(C)c3c1c2[C@@H](NC(=O)OC1(C(=O)N2CC4(CCN(Cc5ccc(-n6c(-c7cc(C)c(O)cc7O)n[nH]c6=O)cc5)CC4)C2)CC1)CC3. The van der Waals surface area contributed by atoms with Crippen molar-refractivity contribution < 1.29 is 43.6 Å². The second-order valence-corrected chi connectivity index (χ2v) is 20.4. The molecular weight excluding hydrogens is 916 g/mol. The molecule has 366 valence electrons. The standard InChI is InChI=1S/C52H51FN8O10/c1-4-52(69)34-18-38-43-32(22-60(38)45(64)33(34)23-70-47(52)66)42-36(10-9-30-27(3)35(53)19-37(54-43)41(30)42)55-49(68)71-51(11-12-51)46(65)59-24-50(25-59)13-15-58(16-14-50)21-28-5-7-29(8-6-28)61-44(56-57-48(61)67)31-17-26(2)39(62)20-40(31)63/h5-8,17-20,36,62-63,69H,4,9-16,21-25H2,1-3H3,(H,55,68)(H,57,67)/t36-,52-/m0/s1. The molecule has 0 radical (unpaired) electrons. The van der Waals surface area contributed by atoms with Gasteiger partial charge in [0, 0.05) is 66.5 Å². The van der Waals surface area contributed by atoms with Gasteiger partial charge in [0.25, 0.3) is 11.5 Å². The van der Waals surface area contributed by atoms with E-state index in [0.717, 1.165) is 37.1 Å². The van der Waals surface area contributed by atoms with Gasteiger partial charge < -0.3 is 39.6 Å². The number of nitrogens with zero attached hydrogens (tertiary/aromatic N) is 6. The minimum absolute atomic E-state index is 0.0192. The van der Waals surface area contributed by atoms with Crippen molar-refractivity contribution in [2.24, 2.45) is 5.41 Å². The van der Waals surface area contributed by atoms with Crippen molar-refractivity contribution in [3.63, 3.8) is 0 Å². The second kappa shape index (κ2) is 15.8. The van der Waals surface area contributed by atoms with E-state index in [1.165, 1.54) is 21.3 Å². The highest BCUT2D eigenvalue weighted by Crippen LogP contribution is 2.49. The molecule has 2 aliphatic carbocycles. The topological polar surface area (TPSA) is 234 Å². The molecule has 1 spiro atoms. The molecule has 5 N–H and O–H groups in total. The number of rotatable bonds is 8. The molecule has 12 rings (SSSR count). The van der Waals surface area contributed by atoms with E-state index in [1.54, 1.807) is 37.8 Å². The highest BCUT2D eigenvalue weighted by atomic mass is 19.1. The number of amides is 2. The van der Waals surface area contributed by atoms with E-state index >= 15 is 4.39 Å². The zero-order valence-corrected chi connectivity index (χ0v) is 39.4. The molecule has 0 bridgehead atoms. The van der Waals surface area contributed by atoms with E-state index in [2.05, 4.69) is 20.4 Å². The van der Waals surface area contributed by atoms with Gasteiger partial charge in [0.15, 0.2) is 17.0 Å². The lowest BCUT2D eigenvalue weighted by Crippen LogP contribution is -2.64. The Bertz CT molecular complexity index is 3430. The number of ether oxygens (including phenoxy) is 2. The number of hydrogen-bond donors (Lipinski definition) is 5. The number of hydrogen-bond acceptors (Lipinski definition) is 13. The molecule has 0 unspecified atom stereocenters. The Labute approximate surface area is 404 Å². The molecule has 2 atom stereocenters. The predicted molar refractivity (Wildman–Crippen MR) is 253 cm³/mol. The Kier molecular flexibility index (Phi) is 9.98. The summed E-state index contributed by atoms with van der Waals surface area (Å²) in [5.74, 6) is -1.50. The third-order valence-corrected chi connectivity index (χ3v) is 16.1. The summed E-state index contributed by atoms with van der Waals surface area (Å²) in [6.07, 6.45) is 2.69. The van der Waals surface area contributed by atoms with Crippen LogP contribution in [0.4, 0.5) is 9.18 Å². The number of phenols is 2. The van der Waals surface area contributed by atoms with Gasteiger partial charge in [0.05, 0.1) is 46.3 Å². The normalized spacial score (nSPS) is 21.3. The van der Waals surface area contributed by atoms with Gasteiger partial charge in [0.1, 0.15) is 23.9 Å². The summed E-state index contributed by atoms with van der Waals surface area (Å²) < 4.78 is 29.7. The average Bonchev–Trinajstić information content (AvgIpc) is 3.88. The van der Waals surface area contributed by atoms with E-state index in [0.29, 0.717) is 101 Å². The van der Waals surface area contributed by atoms with Crippen molar-refractivity contribution in [3.05, 3.63) is 120 Å². The summed E-state index contributed by atoms with van der Waals surface area (Å²) in [4.78, 5) is 76.8. The van der Waals surface area contributed by atoms with Crippen LogP contribution in [0.3, 0.4) is 0 Å². The minimum Gasteiger partial charge on any atom is -0.508 e. The quantitative estimate of drug-likeness (QED) is 0.124. The Morgan fingerprint density at radius 1 is 0.972 bits per heavy atom. The fourth-order valence-electron chi connectivity index (χ4n) is 11.8. The number of nitrogens with one attached hydrogen (secondary N) is 2. The van der Waals surface area contributed by atoms with Gasteiger partial charge >= 0.3 is 17.8 Å². The number of aliphatic hydroxyl groups is 1. The van der Waals surface area contributed by atoms with Crippen molar-refractivity contribution >= 4 is 28.9 Å². The predicted octanol–water partition coefficient (Wildman–Crippen LogP) is 5.16. The summed E-state index contributed by atoms with van der Waals surface area (Å²) in [5.41, 5.74) is 2.32. The van der Waals surface area contributed by atoms with Crippen molar-refractivity contribution in [2.45, 2.75) is 103 Å². The number of fused-ring (bicyclic) bond motifs is 5. The molecular formula is C52H51FN8O10. The van der Waals surface area contributed by atoms with E-state index < -0.39 is 46.4 Å². The summed E-state index contributed by atoms with van der Waals surface area (Å²) in [6.45, 7) is 8.36. The summed E-state index contributed by atoms with van der Waals surface area (Å²) in [5, 5.41) is 42.3. The van der Waals surface area contributed by atoms with Crippen molar-refractivity contribution in [2.75, 3.05) is 26.2 Å². The first-order chi connectivity index (χ1) is 34.0. The Morgan fingerprint density at radius 3 is 2.44 bits per heavy atom. The van der Waals surface area contributed by atoms with Crippen molar-refractivity contribution in [1.82, 2.24) is 39.4 Å². The molecule has 18 nitrogen and oxygen atoms in total. The van der Waals surface area contributed by atoms with E-state index in [9.17, 15) is 39.3 Å². The van der Waals surface area contributed by atoms with Crippen molar-refractivity contribution in [1.29, 1.82) is 0 Å². The van der Waals surface area contributed by atoms with Crippen LogP contribution in [0.15, 0.2) is 58.1 Å². The lowest BCUT2D eigenvalue weighted by Gasteiger charge is -2.54. The molecule has 3 aromatic carbocycles. The van der Waals surface area contributed by atoms with Gasteiger partial charge in [-0.25, -0.2) is 33.4 Å². The maximum atomic E-state index is 15.5. The van der Waals surface area contributed by atoms with Crippen LogP contribution < -0.4 is 16.6 Å². The first kappa shape index (κ1) is 44.8. The average molecular weight is 967 g/mol. The lowest BCUT2D eigenvalue weighted by atomic mass is 9.71. The third-order valence-electron chi connectivity index (χ3n) is 16.1. The largest absolute Gasteiger partial charge is 0.508 e. The monoisotopic (exact) mass is 966 g/mol. The smallest absolute Gasteiger partial charge is 0.408 e. The Hall–Kier alpha value is -7.38. The molecule has 6 aliphatic rings. The van der Waals surface area contributed by atoms with Crippen LogP contribution in [0.2, 0.25) is 0 Å². The van der Waals surface area contributed by atoms with Gasteiger partial charge in [-0.3, -0.25) is 14.5 Å². The lowest BCUT2D eigenvalue weighted by molar-refractivity contribution is -0.172. The Morgan fingerprint density at radius 2 is 1.72 bits per heavy atom. The van der Waals surface area contributed by atoms with Gasteiger partial charge in [-0.05, 0) is 111 Å². The summed E-state index contributed by atoms with van der Waals surface area (Å²) in [6, 6.07) is 12.7. The number of esters is 1. The first-order valence-corrected chi connectivity index (χ1v) is 24.1. The van der Waals surface area contributed by atoms with Gasteiger partial charge in [-0.15, -0.1) is 0 Å². The number of aromatic nitrogens is 5. The van der Waals surface area contributed by atoms with E-state index in [-0.39, 0.29) is 59.3 Å². The Balaban J connectivity index is 0.705. The number of aromatic hydroxyl groups is 2. The van der Waals surface area contributed by atoms with Crippen LogP contribution in [0, 0.1) is 25.1 Å². The van der Waals surface area contributed by atoms with E-state index in [1.807, 2.05) is 24.3 Å². The van der Waals surface area contributed by atoms with Crippen molar-refractivity contribution in [3.8, 4) is 40.0 Å². The maximum absolute atomic E-state index is 15.5. The van der Waals surface area contributed by atoms with Crippen LogP contribution in [0.1, 0.15) is 96.0 Å². The van der Waals surface area contributed by atoms with Gasteiger partial charge in [-0.2, -0.15) is 5.10 Å². The third kappa shape index (κ3) is 6.90. The zero-order chi connectivity index (χ0) is 49.5. The molecule has 2 saturated heterocycles. The zero-order valence-electron chi connectivity index (χ0n) is 39.4. The van der Waals surface area contributed by atoms with Crippen LogP contribution in [0.25, 0.3) is 39.4 Å². The summed E-state index contributed by atoms with van der Waals surface area (Å²) in [7, 11) is 0. The molecule has 6 aromatic rings. The molecule has 3 fully saturated rings. The molecule has 7 heterocycles.